The average molecular weight is 318 g/mol. The van der Waals surface area contributed by atoms with Crippen molar-refractivity contribution in [3.63, 3.8) is 0 Å². The number of methoxy groups -OCH3 is 1. The Kier molecular flexibility index (Phi) is 3.77. The van der Waals surface area contributed by atoms with E-state index in [0.717, 1.165) is 0 Å². The molecule has 0 bridgehead atoms. The highest BCUT2D eigenvalue weighted by atomic mass is 19.1. The maximum Gasteiger partial charge on any atom is 0.373 e. The van der Waals surface area contributed by atoms with E-state index in [1.54, 1.807) is 13.0 Å². The smallest absolute Gasteiger partial charge is 0.373 e. The first-order chi connectivity index (χ1) is 11.0. The van der Waals surface area contributed by atoms with Crippen LogP contribution in [0.1, 0.15) is 23.2 Å². The van der Waals surface area contributed by atoms with Crippen molar-refractivity contribution in [1.82, 2.24) is 0 Å². The Morgan fingerprint density at radius 3 is 2.91 bits per heavy atom. The van der Waals surface area contributed by atoms with E-state index in [9.17, 15) is 14.0 Å². The molecule has 2 aromatic rings. The molecule has 7 heteroatoms. The molecule has 6 nitrogen and oxygen atoms in total. The van der Waals surface area contributed by atoms with Crippen molar-refractivity contribution in [2.24, 2.45) is 0 Å². The van der Waals surface area contributed by atoms with Gasteiger partial charge in [0.05, 0.1) is 25.0 Å². The highest BCUT2D eigenvalue weighted by Gasteiger charge is 2.30. The highest BCUT2D eigenvalue weighted by molar-refractivity contribution is 6.04. The Bertz CT molecular complexity index is 771. The number of esters is 1. The van der Waals surface area contributed by atoms with Crippen molar-refractivity contribution in [1.29, 1.82) is 0 Å². The molecule has 0 aliphatic carbocycles. The maximum atomic E-state index is 13.4. The van der Waals surface area contributed by atoms with Crippen LogP contribution < -0.4 is 10.2 Å². The van der Waals surface area contributed by atoms with Crippen LogP contribution >= 0.6 is 0 Å². The minimum absolute atomic E-state index is 0.0671. The maximum absolute atomic E-state index is 13.4. The lowest BCUT2D eigenvalue weighted by Gasteiger charge is -2.33. The summed E-state index contributed by atoms with van der Waals surface area (Å²) >= 11 is 0. The number of carbonyl (C=O) groups excluding carboxylic acids is 2. The molecular formula is C16H15FN2O4. The fourth-order valence-electron chi connectivity index (χ4n) is 2.50. The third kappa shape index (κ3) is 2.77. The van der Waals surface area contributed by atoms with Crippen LogP contribution in [0, 0.1) is 5.82 Å². The van der Waals surface area contributed by atoms with E-state index in [1.165, 1.54) is 36.3 Å². The van der Waals surface area contributed by atoms with Crippen molar-refractivity contribution in [3.8, 4) is 0 Å². The standard InChI is InChI=1S/C16H15FN2O4/c1-9-15(20)19(13-5-3-10(17)7-12(13)18-9)8-11-4-6-14(23-11)16(21)22-2/h3-7,9,18H,8H2,1-2H3. The number of rotatable bonds is 3. The van der Waals surface area contributed by atoms with Crippen molar-refractivity contribution in [2.45, 2.75) is 19.5 Å². The monoisotopic (exact) mass is 318 g/mol. The third-order valence-electron chi connectivity index (χ3n) is 3.62. The second kappa shape index (κ2) is 5.75. The van der Waals surface area contributed by atoms with Gasteiger partial charge in [-0.05, 0) is 37.3 Å². The predicted octanol–water partition coefficient (Wildman–Crippen LogP) is 2.55. The van der Waals surface area contributed by atoms with Gasteiger partial charge in [-0.1, -0.05) is 0 Å². The second-order valence-corrected chi connectivity index (χ2v) is 5.21. The van der Waals surface area contributed by atoms with Crippen LogP contribution in [0.25, 0.3) is 0 Å². The topological polar surface area (TPSA) is 71.8 Å². The summed E-state index contributed by atoms with van der Waals surface area (Å²) in [6.07, 6.45) is 0. The molecule has 0 spiro atoms. The van der Waals surface area contributed by atoms with Crippen molar-refractivity contribution in [2.75, 3.05) is 17.3 Å². The number of halogens is 1. The van der Waals surface area contributed by atoms with E-state index >= 15 is 0 Å². The van der Waals surface area contributed by atoms with Gasteiger partial charge in [0.25, 0.3) is 0 Å². The van der Waals surface area contributed by atoms with Gasteiger partial charge < -0.3 is 19.4 Å². The predicted molar refractivity (Wildman–Crippen MR) is 80.7 cm³/mol. The lowest BCUT2D eigenvalue weighted by molar-refractivity contribution is -0.119. The Morgan fingerprint density at radius 2 is 2.17 bits per heavy atom. The number of furan rings is 1. The molecule has 23 heavy (non-hydrogen) atoms. The number of hydrogen-bond acceptors (Lipinski definition) is 5. The minimum Gasteiger partial charge on any atom is -0.463 e. The number of ether oxygens (including phenoxy) is 1. The molecule has 3 rings (SSSR count). The lowest BCUT2D eigenvalue weighted by Crippen LogP contribution is -2.45. The van der Waals surface area contributed by atoms with E-state index < -0.39 is 12.0 Å². The number of carbonyl (C=O) groups is 2. The van der Waals surface area contributed by atoms with Gasteiger partial charge in [0.2, 0.25) is 11.7 Å². The molecular weight excluding hydrogens is 303 g/mol. The zero-order valence-corrected chi connectivity index (χ0v) is 12.6. The number of anilines is 2. The zero-order valence-electron chi connectivity index (χ0n) is 12.6. The first-order valence-corrected chi connectivity index (χ1v) is 7.04. The van der Waals surface area contributed by atoms with Crippen molar-refractivity contribution < 1.29 is 23.1 Å². The number of fused-ring (bicyclic) bond motifs is 1. The van der Waals surface area contributed by atoms with Crippen LogP contribution in [0.15, 0.2) is 34.7 Å². The summed E-state index contributed by atoms with van der Waals surface area (Å²) in [5, 5.41) is 2.96. The average Bonchev–Trinajstić information content (AvgIpc) is 2.99. The first kappa shape index (κ1) is 15.1. The molecule has 1 aliphatic rings. The zero-order chi connectivity index (χ0) is 16.6. The molecule has 0 radical (unpaired) electrons. The number of nitrogens with zero attached hydrogens (tertiary/aromatic N) is 1. The third-order valence-corrected chi connectivity index (χ3v) is 3.62. The molecule has 120 valence electrons. The van der Waals surface area contributed by atoms with Crippen LogP contribution in [0.3, 0.4) is 0 Å². The summed E-state index contributed by atoms with van der Waals surface area (Å²) in [7, 11) is 1.26. The number of amides is 1. The lowest BCUT2D eigenvalue weighted by atomic mass is 10.1. The summed E-state index contributed by atoms with van der Waals surface area (Å²) in [4.78, 5) is 25.3. The molecule has 1 unspecified atom stereocenters. The van der Waals surface area contributed by atoms with Crippen LogP contribution in [0.2, 0.25) is 0 Å². The van der Waals surface area contributed by atoms with E-state index in [2.05, 4.69) is 10.1 Å². The molecule has 2 heterocycles. The number of nitrogens with one attached hydrogen (secondary N) is 1. The SMILES string of the molecule is COC(=O)c1ccc(CN2C(=O)C(C)Nc3cc(F)ccc32)o1. The number of benzene rings is 1. The van der Waals surface area contributed by atoms with Crippen molar-refractivity contribution >= 4 is 23.3 Å². The van der Waals surface area contributed by atoms with E-state index in [1.807, 2.05) is 0 Å². The van der Waals surface area contributed by atoms with E-state index in [4.69, 9.17) is 4.42 Å². The fraction of sp³-hybridized carbons (Fsp3) is 0.250. The first-order valence-electron chi connectivity index (χ1n) is 7.04. The van der Waals surface area contributed by atoms with Gasteiger partial charge in [-0.15, -0.1) is 0 Å². The molecule has 1 aromatic heterocycles. The number of hydrogen-bond donors (Lipinski definition) is 1. The van der Waals surface area contributed by atoms with E-state index in [-0.39, 0.29) is 24.0 Å². The van der Waals surface area contributed by atoms with Crippen molar-refractivity contribution in [3.05, 3.63) is 47.7 Å². The summed E-state index contributed by atoms with van der Waals surface area (Å²) in [6, 6.07) is 6.77. The van der Waals surface area contributed by atoms with Crippen LogP contribution in [-0.2, 0) is 16.1 Å². The molecule has 1 aliphatic heterocycles. The molecule has 1 N–H and O–H groups in total. The Morgan fingerprint density at radius 1 is 1.39 bits per heavy atom. The van der Waals surface area contributed by atoms with Gasteiger partial charge in [0.15, 0.2) is 0 Å². The Hall–Kier alpha value is -2.83. The Labute approximate surface area is 131 Å². The quantitative estimate of drug-likeness (QED) is 0.881. The summed E-state index contributed by atoms with van der Waals surface area (Å²) in [5.41, 5.74) is 1.10. The summed E-state index contributed by atoms with van der Waals surface area (Å²) in [6.45, 7) is 1.84. The molecule has 0 fully saturated rings. The molecule has 0 saturated carbocycles. The minimum atomic E-state index is -0.585. The van der Waals surface area contributed by atoms with Gasteiger partial charge in [-0.25, -0.2) is 9.18 Å². The van der Waals surface area contributed by atoms with Crippen LogP contribution in [0.4, 0.5) is 15.8 Å². The second-order valence-electron chi connectivity index (χ2n) is 5.21. The molecule has 0 saturated heterocycles. The van der Waals surface area contributed by atoms with Gasteiger partial charge in [0.1, 0.15) is 17.6 Å². The Balaban J connectivity index is 1.91. The highest BCUT2D eigenvalue weighted by Crippen LogP contribution is 2.33. The van der Waals surface area contributed by atoms with Gasteiger partial charge in [-0.3, -0.25) is 4.79 Å². The molecule has 1 aromatic carbocycles. The largest absolute Gasteiger partial charge is 0.463 e. The summed E-state index contributed by atoms with van der Waals surface area (Å²) < 4.78 is 23.4. The van der Waals surface area contributed by atoms with Gasteiger partial charge in [-0.2, -0.15) is 0 Å². The molecule has 1 amide bonds. The van der Waals surface area contributed by atoms with Gasteiger partial charge in [0, 0.05) is 0 Å². The van der Waals surface area contributed by atoms with E-state index in [0.29, 0.717) is 17.1 Å². The van der Waals surface area contributed by atoms with Crippen LogP contribution in [0.5, 0.6) is 0 Å². The van der Waals surface area contributed by atoms with Gasteiger partial charge >= 0.3 is 5.97 Å². The normalized spacial score (nSPS) is 16.7. The van der Waals surface area contributed by atoms with Crippen LogP contribution in [-0.4, -0.2) is 25.0 Å². The fourth-order valence-corrected chi connectivity index (χ4v) is 2.50. The summed E-state index contributed by atoms with van der Waals surface area (Å²) in [5.74, 6) is -0.636. The molecule has 1 atom stereocenters.